The van der Waals surface area contributed by atoms with Gasteiger partial charge in [0.1, 0.15) is 23.8 Å². The van der Waals surface area contributed by atoms with Gasteiger partial charge in [0, 0.05) is 5.69 Å². The van der Waals surface area contributed by atoms with Crippen molar-refractivity contribution in [3.05, 3.63) is 141 Å². The highest BCUT2D eigenvalue weighted by atomic mass is 19.1. The maximum absolute atomic E-state index is 14.1. The Hall–Kier alpha value is -5.24. The Kier molecular flexibility index (Phi) is 6.81. The molecule has 1 unspecified atom stereocenters. The molecular weight excluding hydrogens is 525 g/mol. The molecule has 0 saturated heterocycles. The molecule has 1 aliphatic heterocycles. The third-order valence-corrected chi connectivity index (χ3v) is 6.91. The molecule has 0 saturated carbocycles. The number of benzene rings is 4. The molecule has 1 aromatic heterocycles. The minimum atomic E-state index is -0.893. The average molecular weight is 550 g/mol. The van der Waals surface area contributed by atoms with E-state index in [1.54, 1.807) is 55.5 Å². The predicted molar refractivity (Wildman–Crippen MR) is 151 cm³/mol. The molecule has 0 N–H and O–H groups in total. The summed E-state index contributed by atoms with van der Waals surface area (Å²) in [5.41, 5.74) is 2.05. The lowest BCUT2D eigenvalue weighted by Gasteiger charge is -2.25. The molecule has 0 fully saturated rings. The highest BCUT2D eigenvalue weighted by Crippen LogP contribution is 2.42. The Labute approximate surface area is 234 Å². The smallest absolute Gasteiger partial charge is 0.338 e. The Morgan fingerprint density at radius 1 is 0.927 bits per heavy atom. The van der Waals surface area contributed by atoms with Gasteiger partial charge in [0.25, 0.3) is 5.91 Å². The van der Waals surface area contributed by atoms with Crippen LogP contribution in [0.15, 0.2) is 106 Å². The van der Waals surface area contributed by atoms with Gasteiger partial charge in [-0.25, -0.2) is 9.18 Å². The normalized spacial score (nSPS) is 14.2. The lowest BCUT2D eigenvalue weighted by molar-refractivity contribution is 0.0526. The number of esters is 1. The topological polar surface area (TPSA) is 86.0 Å². The van der Waals surface area contributed by atoms with Gasteiger partial charge in [0.15, 0.2) is 5.43 Å². The van der Waals surface area contributed by atoms with Gasteiger partial charge in [-0.2, -0.15) is 0 Å². The number of rotatable bonds is 7. The van der Waals surface area contributed by atoms with Gasteiger partial charge in [-0.3, -0.25) is 14.5 Å². The minimum Gasteiger partial charge on any atom is -0.489 e. The van der Waals surface area contributed by atoms with Crippen molar-refractivity contribution < 1.29 is 27.9 Å². The third-order valence-electron chi connectivity index (χ3n) is 6.91. The van der Waals surface area contributed by atoms with Crippen LogP contribution in [0.2, 0.25) is 0 Å². The van der Waals surface area contributed by atoms with Gasteiger partial charge in [0.2, 0.25) is 5.76 Å². The van der Waals surface area contributed by atoms with E-state index in [0.717, 1.165) is 11.6 Å². The van der Waals surface area contributed by atoms with Crippen molar-refractivity contribution in [2.75, 3.05) is 11.5 Å². The summed E-state index contributed by atoms with van der Waals surface area (Å²) in [5.74, 6) is -1.19. The van der Waals surface area contributed by atoms with E-state index < -0.39 is 29.2 Å². The monoisotopic (exact) mass is 549 g/mol. The molecule has 0 spiro atoms. The maximum atomic E-state index is 14.1. The zero-order chi connectivity index (χ0) is 28.5. The highest BCUT2D eigenvalue weighted by Gasteiger charge is 2.43. The number of carbonyl (C=O) groups is 2. The summed E-state index contributed by atoms with van der Waals surface area (Å²) in [5, 5.41) is 0.0394. The standard InChI is InChI=1S/C33H24FNO6/c1-2-39-33(38)21-11-14-24(15-12-21)35-29(22-9-6-10-25(17-22)40-19-20-7-4-3-5-8-20)28-30(36)26-18-23(34)13-16-27(26)41-31(28)32(35)37/h3-18,29H,2,19H2,1H3. The van der Waals surface area contributed by atoms with E-state index in [1.807, 2.05) is 30.3 Å². The van der Waals surface area contributed by atoms with Crippen LogP contribution in [0.1, 0.15) is 50.6 Å². The van der Waals surface area contributed by atoms with Crippen molar-refractivity contribution in [1.82, 2.24) is 0 Å². The number of nitrogens with zero attached hydrogens (tertiary/aromatic N) is 1. The first-order chi connectivity index (χ1) is 19.9. The Morgan fingerprint density at radius 2 is 1.71 bits per heavy atom. The van der Waals surface area contributed by atoms with Crippen LogP contribution in [0.4, 0.5) is 10.1 Å². The number of amides is 1. The van der Waals surface area contributed by atoms with E-state index in [2.05, 4.69) is 0 Å². The van der Waals surface area contributed by atoms with E-state index in [-0.39, 0.29) is 28.9 Å². The molecule has 2 heterocycles. The molecular formula is C33H24FNO6. The quantitative estimate of drug-likeness (QED) is 0.217. The van der Waals surface area contributed by atoms with Crippen LogP contribution in [0.5, 0.6) is 5.75 Å². The largest absolute Gasteiger partial charge is 0.489 e. The second kappa shape index (κ2) is 10.7. The number of anilines is 1. The van der Waals surface area contributed by atoms with Crippen LogP contribution in [0.3, 0.4) is 0 Å². The number of hydrogen-bond acceptors (Lipinski definition) is 6. The maximum Gasteiger partial charge on any atom is 0.338 e. The first kappa shape index (κ1) is 26.0. The average Bonchev–Trinajstić information content (AvgIpc) is 3.29. The summed E-state index contributed by atoms with van der Waals surface area (Å²) >= 11 is 0. The van der Waals surface area contributed by atoms with Crippen LogP contribution in [0, 0.1) is 5.82 Å². The third kappa shape index (κ3) is 4.84. The van der Waals surface area contributed by atoms with Gasteiger partial charge in [-0.1, -0.05) is 42.5 Å². The fourth-order valence-electron chi connectivity index (χ4n) is 5.01. The molecule has 4 aromatic carbocycles. The molecule has 0 aliphatic carbocycles. The molecule has 7 nitrogen and oxygen atoms in total. The van der Waals surface area contributed by atoms with E-state index in [9.17, 15) is 18.8 Å². The molecule has 0 bridgehead atoms. The van der Waals surface area contributed by atoms with Crippen LogP contribution in [-0.4, -0.2) is 18.5 Å². The molecule has 6 rings (SSSR count). The molecule has 0 radical (unpaired) electrons. The summed E-state index contributed by atoms with van der Waals surface area (Å²) in [6.45, 7) is 2.28. The van der Waals surface area contributed by atoms with Crippen LogP contribution >= 0.6 is 0 Å². The first-order valence-electron chi connectivity index (χ1n) is 13.1. The first-order valence-corrected chi connectivity index (χ1v) is 13.1. The van der Waals surface area contributed by atoms with Crippen molar-refractivity contribution in [1.29, 1.82) is 0 Å². The Bertz CT molecular complexity index is 1830. The number of carbonyl (C=O) groups excluding carboxylic acids is 2. The van der Waals surface area contributed by atoms with Gasteiger partial charge < -0.3 is 13.9 Å². The Morgan fingerprint density at radius 3 is 2.46 bits per heavy atom. The molecule has 8 heteroatoms. The van der Waals surface area contributed by atoms with E-state index in [0.29, 0.717) is 29.2 Å². The van der Waals surface area contributed by atoms with Gasteiger partial charge >= 0.3 is 5.97 Å². The molecule has 5 aromatic rings. The summed E-state index contributed by atoms with van der Waals surface area (Å²) in [7, 11) is 0. The zero-order valence-electron chi connectivity index (χ0n) is 22.0. The molecule has 41 heavy (non-hydrogen) atoms. The van der Waals surface area contributed by atoms with Gasteiger partial charge in [0.05, 0.1) is 29.2 Å². The highest BCUT2D eigenvalue weighted by molar-refractivity contribution is 6.10. The second-order valence-electron chi connectivity index (χ2n) is 9.51. The number of hydrogen-bond donors (Lipinski definition) is 0. The predicted octanol–water partition coefficient (Wildman–Crippen LogP) is 6.44. The van der Waals surface area contributed by atoms with Crippen molar-refractivity contribution in [2.24, 2.45) is 0 Å². The van der Waals surface area contributed by atoms with Crippen molar-refractivity contribution in [3.63, 3.8) is 0 Å². The molecule has 1 aliphatic rings. The van der Waals surface area contributed by atoms with E-state index in [4.69, 9.17) is 13.9 Å². The fraction of sp³-hybridized carbons (Fsp3) is 0.121. The summed E-state index contributed by atoms with van der Waals surface area (Å²) in [6.07, 6.45) is 0. The molecule has 1 atom stereocenters. The fourth-order valence-corrected chi connectivity index (χ4v) is 5.01. The zero-order valence-corrected chi connectivity index (χ0v) is 22.0. The van der Waals surface area contributed by atoms with Gasteiger partial charge in [-0.05, 0) is 72.6 Å². The molecule has 204 valence electrons. The number of halogens is 1. The summed E-state index contributed by atoms with van der Waals surface area (Å²) in [4.78, 5) is 41.3. The van der Waals surface area contributed by atoms with Crippen molar-refractivity contribution >= 4 is 28.5 Å². The second-order valence-corrected chi connectivity index (χ2v) is 9.51. The van der Waals surface area contributed by atoms with E-state index >= 15 is 0 Å². The number of ether oxygens (including phenoxy) is 2. The van der Waals surface area contributed by atoms with Crippen LogP contribution in [0.25, 0.3) is 11.0 Å². The van der Waals surface area contributed by atoms with Crippen LogP contribution in [-0.2, 0) is 11.3 Å². The van der Waals surface area contributed by atoms with Crippen molar-refractivity contribution in [2.45, 2.75) is 19.6 Å². The lowest BCUT2D eigenvalue weighted by atomic mass is 9.98. The van der Waals surface area contributed by atoms with E-state index in [1.165, 1.54) is 17.0 Å². The summed E-state index contributed by atoms with van der Waals surface area (Å²) < 4.78 is 31.1. The van der Waals surface area contributed by atoms with Crippen molar-refractivity contribution in [3.8, 4) is 5.75 Å². The minimum absolute atomic E-state index is 0.0394. The Balaban J connectivity index is 1.46. The van der Waals surface area contributed by atoms with Gasteiger partial charge in [-0.15, -0.1) is 0 Å². The number of fused-ring (bicyclic) bond motifs is 2. The molecule has 1 amide bonds. The SMILES string of the molecule is CCOC(=O)c1ccc(N2C(=O)c3oc4ccc(F)cc4c(=O)c3C2c2cccc(OCc3ccccc3)c2)cc1. The lowest BCUT2D eigenvalue weighted by Crippen LogP contribution is -2.29. The summed E-state index contributed by atoms with van der Waals surface area (Å²) in [6, 6.07) is 25.9. The van der Waals surface area contributed by atoms with Crippen LogP contribution < -0.4 is 15.1 Å².